The Morgan fingerprint density at radius 1 is 1.32 bits per heavy atom. The van der Waals surface area contributed by atoms with Crippen molar-refractivity contribution in [3.8, 4) is 0 Å². The van der Waals surface area contributed by atoms with Gasteiger partial charge >= 0.3 is 6.03 Å². The number of nitrogens with zero attached hydrogens (tertiary/aromatic N) is 2. The Kier molecular flexibility index (Phi) is 4.34. The summed E-state index contributed by atoms with van der Waals surface area (Å²) in [5.41, 5.74) is 1.97. The summed E-state index contributed by atoms with van der Waals surface area (Å²) in [4.78, 5) is 14.2. The lowest BCUT2D eigenvalue weighted by atomic mass is 9.98. The maximum absolute atomic E-state index is 12.3. The molecule has 1 aromatic carbocycles. The molecular formula is C17H23N3O2. The van der Waals surface area contributed by atoms with Crippen LogP contribution in [-0.2, 0) is 6.54 Å². The van der Waals surface area contributed by atoms with Crippen LogP contribution >= 0.6 is 0 Å². The van der Waals surface area contributed by atoms with Crippen molar-refractivity contribution in [2.45, 2.75) is 26.3 Å². The van der Waals surface area contributed by atoms with E-state index in [4.69, 9.17) is 5.11 Å². The molecule has 1 saturated heterocycles. The highest BCUT2D eigenvalue weighted by Gasteiger charge is 2.22. The zero-order chi connectivity index (χ0) is 15.5. The van der Waals surface area contributed by atoms with Crippen LogP contribution in [0.25, 0.3) is 10.9 Å². The first-order chi connectivity index (χ1) is 10.7. The lowest BCUT2D eigenvalue weighted by molar-refractivity contribution is 0.143. The Morgan fingerprint density at radius 3 is 2.77 bits per heavy atom. The minimum Gasteiger partial charge on any atom is -0.396 e. The molecule has 2 heterocycles. The highest BCUT2D eigenvalue weighted by molar-refractivity contribution is 5.92. The van der Waals surface area contributed by atoms with E-state index < -0.39 is 0 Å². The maximum Gasteiger partial charge on any atom is 0.321 e. The number of aryl methyl sites for hydroxylation is 1. The van der Waals surface area contributed by atoms with E-state index in [2.05, 4.69) is 29.1 Å². The predicted molar refractivity (Wildman–Crippen MR) is 88.0 cm³/mol. The largest absolute Gasteiger partial charge is 0.396 e. The highest BCUT2D eigenvalue weighted by Crippen LogP contribution is 2.22. The molecule has 2 N–H and O–H groups in total. The van der Waals surface area contributed by atoms with Gasteiger partial charge in [0.2, 0.25) is 0 Å². The van der Waals surface area contributed by atoms with Gasteiger partial charge in [0.05, 0.1) is 5.52 Å². The minimum atomic E-state index is -0.0506. The second-order valence-electron chi connectivity index (χ2n) is 5.92. The van der Waals surface area contributed by atoms with Gasteiger partial charge in [-0.05, 0) is 49.3 Å². The molecule has 0 unspecified atom stereocenters. The first-order valence-corrected chi connectivity index (χ1v) is 7.97. The van der Waals surface area contributed by atoms with Crippen molar-refractivity contribution in [2.24, 2.45) is 5.92 Å². The van der Waals surface area contributed by atoms with E-state index in [0.29, 0.717) is 19.0 Å². The number of nitrogens with one attached hydrogen (secondary N) is 1. The number of likely N-dealkylation sites (tertiary alicyclic amines) is 1. The second kappa shape index (κ2) is 6.40. The number of aliphatic hydroxyl groups is 1. The summed E-state index contributed by atoms with van der Waals surface area (Å²) in [5, 5.41) is 13.3. The highest BCUT2D eigenvalue weighted by atomic mass is 16.3. The summed E-state index contributed by atoms with van der Waals surface area (Å²) in [6, 6.07) is 8.04. The van der Waals surface area contributed by atoms with Crippen LogP contribution < -0.4 is 5.32 Å². The zero-order valence-corrected chi connectivity index (χ0v) is 13.0. The van der Waals surface area contributed by atoms with Crippen molar-refractivity contribution in [1.29, 1.82) is 0 Å². The van der Waals surface area contributed by atoms with Crippen LogP contribution in [0.15, 0.2) is 30.5 Å². The van der Waals surface area contributed by atoms with Crippen molar-refractivity contribution in [3.63, 3.8) is 0 Å². The summed E-state index contributed by atoms with van der Waals surface area (Å²) in [5.74, 6) is 0.341. The average Bonchev–Trinajstić information content (AvgIpc) is 2.97. The number of piperidine rings is 1. The van der Waals surface area contributed by atoms with Gasteiger partial charge in [0.1, 0.15) is 0 Å². The zero-order valence-electron chi connectivity index (χ0n) is 13.0. The summed E-state index contributed by atoms with van der Waals surface area (Å²) in [7, 11) is 0. The first kappa shape index (κ1) is 14.9. The van der Waals surface area contributed by atoms with E-state index in [9.17, 15) is 4.79 Å². The molecule has 0 atom stereocenters. The van der Waals surface area contributed by atoms with Gasteiger partial charge in [-0.2, -0.15) is 0 Å². The molecule has 3 rings (SSSR count). The number of urea groups is 1. The molecule has 0 saturated carbocycles. The van der Waals surface area contributed by atoms with Crippen LogP contribution in [0, 0.1) is 5.92 Å². The number of aromatic nitrogens is 1. The number of hydrogen-bond donors (Lipinski definition) is 2. The molecule has 2 amide bonds. The van der Waals surface area contributed by atoms with Gasteiger partial charge in [0, 0.05) is 38.1 Å². The topological polar surface area (TPSA) is 57.5 Å². The van der Waals surface area contributed by atoms with E-state index in [1.165, 1.54) is 5.39 Å². The normalized spacial score (nSPS) is 16.2. The molecule has 0 aliphatic carbocycles. The van der Waals surface area contributed by atoms with Gasteiger partial charge in [-0.25, -0.2) is 4.79 Å². The number of anilines is 1. The van der Waals surface area contributed by atoms with E-state index in [1.807, 2.05) is 23.1 Å². The Bertz CT molecular complexity index is 657. The fourth-order valence-electron chi connectivity index (χ4n) is 3.06. The van der Waals surface area contributed by atoms with Gasteiger partial charge in [-0.1, -0.05) is 6.07 Å². The van der Waals surface area contributed by atoms with Gasteiger partial charge in [0.15, 0.2) is 0 Å². The summed E-state index contributed by atoms with van der Waals surface area (Å²) in [6.45, 7) is 4.67. The molecular weight excluding hydrogens is 278 g/mol. The third kappa shape index (κ3) is 2.95. The smallest absolute Gasteiger partial charge is 0.321 e. The van der Waals surface area contributed by atoms with E-state index in [-0.39, 0.29) is 12.6 Å². The number of hydrogen-bond acceptors (Lipinski definition) is 2. The molecule has 0 bridgehead atoms. The molecule has 0 spiro atoms. The first-order valence-electron chi connectivity index (χ1n) is 7.97. The number of amides is 2. The number of aliphatic hydroxyl groups excluding tert-OH is 1. The fourth-order valence-corrected chi connectivity index (χ4v) is 3.06. The average molecular weight is 301 g/mol. The SMILES string of the molecule is CCn1ccc2ccc(NC(=O)N3CCC(CO)CC3)cc21. The summed E-state index contributed by atoms with van der Waals surface area (Å²) >= 11 is 0. The van der Waals surface area contributed by atoms with E-state index in [0.717, 1.165) is 30.6 Å². The number of fused-ring (bicyclic) bond motifs is 1. The Morgan fingerprint density at radius 2 is 2.09 bits per heavy atom. The standard InChI is InChI=1S/C17H23N3O2/c1-2-19-10-7-14-3-4-15(11-16(14)19)18-17(22)20-8-5-13(12-21)6-9-20/h3-4,7,10-11,13,21H,2,5-6,8-9,12H2,1H3,(H,18,22). The maximum atomic E-state index is 12.3. The van der Waals surface area contributed by atoms with Gasteiger partial charge in [-0.15, -0.1) is 0 Å². The van der Waals surface area contributed by atoms with Crippen LogP contribution in [0.2, 0.25) is 0 Å². The van der Waals surface area contributed by atoms with Gasteiger partial charge in [-0.3, -0.25) is 0 Å². The number of benzene rings is 1. The van der Waals surface area contributed by atoms with E-state index in [1.54, 1.807) is 0 Å². The van der Waals surface area contributed by atoms with Crippen LogP contribution in [0.3, 0.4) is 0 Å². The molecule has 1 fully saturated rings. The minimum absolute atomic E-state index is 0.0506. The van der Waals surface area contributed by atoms with Crippen LogP contribution in [-0.4, -0.2) is 40.3 Å². The third-order valence-corrected chi connectivity index (χ3v) is 4.53. The van der Waals surface area contributed by atoms with Crippen LogP contribution in [0.4, 0.5) is 10.5 Å². The van der Waals surface area contributed by atoms with Crippen LogP contribution in [0.1, 0.15) is 19.8 Å². The molecule has 2 aromatic rings. The molecule has 0 radical (unpaired) electrons. The molecule has 5 nitrogen and oxygen atoms in total. The summed E-state index contributed by atoms with van der Waals surface area (Å²) < 4.78 is 2.16. The molecule has 1 aliphatic heterocycles. The van der Waals surface area contributed by atoms with Gasteiger partial charge < -0.3 is 19.9 Å². The van der Waals surface area contributed by atoms with Gasteiger partial charge in [0.25, 0.3) is 0 Å². The number of carbonyl (C=O) groups is 1. The molecule has 118 valence electrons. The van der Waals surface area contributed by atoms with E-state index >= 15 is 0 Å². The Labute approximate surface area is 130 Å². The van der Waals surface area contributed by atoms with Crippen molar-refractivity contribution in [3.05, 3.63) is 30.5 Å². The Balaban J connectivity index is 1.69. The lowest BCUT2D eigenvalue weighted by Gasteiger charge is -2.31. The molecule has 1 aromatic heterocycles. The van der Waals surface area contributed by atoms with Crippen molar-refractivity contribution < 1.29 is 9.90 Å². The third-order valence-electron chi connectivity index (χ3n) is 4.53. The monoisotopic (exact) mass is 301 g/mol. The summed E-state index contributed by atoms with van der Waals surface area (Å²) in [6.07, 6.45) is 3.82. The van der Waals surface area contributed by atoms with Crippen LogP contribution in [0.5, 0.6) is 0 Å². The second-order valence-corrected chi connectivity index (χ2v) is 5.92. The lowest BCUT2D eigenvalue weighted by Crippen LogP contribution is -2.41. The molecule has 1 aliphatic rings. The predicted octanol–water partition coefficient (Wildman–Crippen LogP) is 2.90. The Hall–Kier alpha value is -2.01. The van der Waals surface area contributed by atoms with Crippen molar-refractivity contribution >= 4 is 22.6 Å². The quantitative estimate of drug-likeness (QED) is 0.916. The fraction of sp³-hybridized carbons (Fsp3) is 0.471. The number of carbonyl (C=O) groups excluding carboxylic acids is 1. The molecule has 5 heteroatoms. The van der Waals surface area contributed by atoms with Crippen molar-refractivity contribution in [1.82, 2.24) is 9.47 Å². The molecule has 22 heavy (non-hydrogen) atoms. The number of rotatable bonds is 3. The van der Waals surface area contributed by atoms with Crippen molar-refractivity contribution in [2.75, 3.05) is 25.0 Å².